The van der Waals surface area contributed by atoms with Crippen molar-refractivity contribution >= 4 is 0 Å². The van der Waals surface area contributed by atoms with E-state index in [1.165, 1.54) is 6.07 Å². The molecule has 0 aliphatic carbocycles. The summed E-state index contributed by atoms with van der Waals surface area (Å²) in [5, 5.41) is 18.2. The van der Waals surface area contributed by atoms with Crippen LogP contribution in [-0.2, 0) is 0 Å². The van der Waals surface area contributed by atoms with Gasteiger partial charge in [-0.2, -0.15) is 5.26 Å². The average molecular weight is 191 g/mol. The van der Waals surface area contributed by atoms with E-state index in [4.69, 9.17) is 10.00 Å². The van der Waals surface area contributed by atoms with Crippen LogP contribution in [-0.4, -0.2) is 10.7 Å². The highest BCUT2D eigenvalue weighted by atomic mass is 16.5. The molecule has 0 aliphatic rings. The van der Waals surface area contributed by atoms with Crippen molar-refractivity contribution in [1.29, 1.82) is 5.26 Å². The number of phenolic OH excluding ortho intramolecular Hbond substituents is 1. The zero-order chi connectivity index (χ0) is 10.8. The predicted molar refractivity (Wildman–Crippen MR) is 53.2 cm³/mol. The Morgan fingerprint density at radius 2 is 2.00 bits per heavy atom. The van der Waals surface area contributed by atoms with Gasteiger partial charge in [-0.05, 0) is 32.9 Å². The van der Waals surface area contributed by atoms with E-state index < -0.39 is 0 Å². The molecule has 0 aromatic heterocycles. The second kappa shape index (κ2) is 3.59. The molecule has 74 valence electrons. The lowest BCUT2D eigenvalue weighted by molar-refractivity contribution is 0.130. The Labute approximate surface area is 83.6 Å². The fourth-order valence-corrected chi connectivity index (χ4v) is 1.05. The Morgan fingerprint density at radius 3 is 2.50 bits per heavy atom. The molecule has 0 aliphatic heterocycles. The summed E-state index contributed by atoms with van der Waals surface area (Å²) in [7, 11) is 0. The number of rotatable bonds is 1. The minimum atomic E-state index is -0.376. The van der Waals surface area contributed by atoms with Gasteiger partial charge in [0.2, 0.25) is 0 Å². The largest absolute Gasteiger partial charge is 0.506 e. The van der Waals surface area contributed by atoms with Gasteiger partial charge < -0.3 is 9.84 Å². The monoisotopic (exact) mass is 191 g/mol. The van der Waals surface area contributed by atoms with Crippen LogP contribution in [0.1, 0.15) is 26.3 Å². The summed E-state index contributed by atoms with van der Waals surface area (Å²) in [5.41, 5.74) is -0.193. The Morgan fingerprint density at radius 1 is 1.36 bits per heavy atom. The van der Waals surface area contributed by atoms with Crippen molar-refractivity contribution in [3.8, 4) is 17.6 Å². The van der Waals surface area contributed by atoms with Crippen LogP contribution < -0.4 is 4.74 Å². The van der Waals surface area contributed by atoms with Crippen molar-refractivity contribution in [3.05, 3.63) is 23.8 Å². The number of nitrogens with zero attached hydrogens (tertiary/aromatic N) is 1. The molecule has 1 aromatic rings. The maximum Gasteiger partial charge on any atom is 0.141 e. The highest BCUT2D eigenvalue weighted by molar-refractivity contribution is 5.52. The van der Waals surface area contributed by atoms with Gasteiger partial charge in [-0.1, -0.05) is 6.07 Å². The standard InChI is InChI=1S/C11H13NO2/c1-11(2,3)14-10-6-4-5-9(13)8(10)7-12/h4-6,13H,1-3H3. The van der Waals surface area contributed by atoms with Gasteiger partial charge in [-0.15, -0.1) is 0 Å². The van der Waals surface area contributed by atoms with Crippen LogP contribution >= 0.6 is 0 Å². The highest BCUT2D eigenvalue weighted by Crippen LogP contribution is 2.28. The molecule has 0 bridgehead atoms. The Hall–Kier alpha value is -1.69. The first-order valence-electron chi connectivity index (χ1n) is 4.35. The van der Waals surface area contributed by atoms with Crippen molar-refractivity contribution in [3.63, 3.8) is 0 Å². The van der Waals surface area contributed by atoms with Crippen LogP contribution in [0.5, 0.6) is 11.5 Å². The van der Waals surface area contributed by atoms with Gasteiger partial charge in [0.15, 0.2) is 0 Å². The lowest BCUT2D eigenvalue weighted by Gasteiger charge is -2.21. The molecule has 0 atom stereocenters. The van der Waals surface area contributed by atoms with Crippen LogP contribution in [0, 0.1) is 11.3 Å². The number of ether oxygens (including phenoxy) is 1. The molecule has 0 heterocycles. The summed E-state index contributed by atoms with van der Waals surface area (Å²) >= 11 is 0. The van der Waals surface area contributed by atoms with Gasteiger partial charge in [0.25, 0.3) is 0 Å². The number of benzene rings is 1. The van der Waals surface area contributed by atoms with Crippen molar-refractivity contribution in [2.24, 2.45) is 0 Å². The Kier molecular flexibility index (Phi) is 2.66. The van der Waals surface area contributed by atoms with Gasteiger partial charge >= 0.3 is 0 Å². The fourth-order valence-electron chi connectivity index (χ4n) is 1.05. The topological polar surface area (TPSA) is 53.2 Å². The Balaban J connectivity index is 3.10. The Bertz CT molecular complexity index is 372. The number of phenols is 1. The van der Waals surface area contributed by atoms with Gasteiger partial charge in [0, 0.05) is 0 Å². The molecular weight excluding hydrogens is 178 g/mol. The molecule has 1 N–H and O–H groups in total. The van der Waals surface area contributed by atoms with Crippen LogP contribution in [0.2, 0.25) is 0 Å². The molecule has 0 amide bonds. The third-order valence-corrected chi connectivity index (χ3v) is 1.53. The van der Waals surface area contributed by atoms with E-state index in [0.717, 1.165) is 0 Å². The molecule has 0 fully saturated rings. The van der Waals surface area contributed by atoms with Gasteiger partial charge in [0.1, 0.15) is 28.7 Å². The van der Waals surface area contributed by atoms with Gasteiger partial charge in [0.05, 0.1) is 0 Å². The summed E-state index contributed by atoms with van der Waals surface area (Å²) in [6.07, 6.45) is 0. The van der Waals surface area contributed by atoms with E-state index in [0.29, 0.717) is 5.75 Å². The van der Waals surface area contributed by atoms with Crippen molar-refractivity contribution < 1.29 is 9.84 Å². The molecule has 14 heavy (non-hydrogen) atoms. The number of nitriles is 1. The third-order valence-electron chi connectivity index (χ3n) is 1.53. The van der Waals surface area contributed by atoms with E-state index in [9.17, 15) is 5.11 Å². The van der Waals surface area contributed by atoms with E-state index in [2.05, 4.69) is 0 Å². The molecule has 1 rings (SSSR count). The molecule has 1 aromatic carbocycles. The van der Waals surface area contributed by atoms with Crippen LogP contribution in [0.25, 0.3) is 0 Å². The first kappa shape index (κ1) is 10.4. The lowest BCUT2D eigenvalue weighted by atomic mass is 10.1. The normalized spacial score (nSPS) is 10.7. The van der Waals surface area contributed by atoms with Crippen LogP contribution in [0.15, 0.2) is 18.2 Å². The van der Waals surface area contributed by atoms with Gasteiger partial charge in [-0.25, -0.2) is 0 Å². The average Bonchev–Trinajstić information content (AvgIpc) is 2.01. The molecule has 3 nitrogen and oxygen atoms in total. The molecule has 0 unspecified atom stereocenters. The fraction of sp³-hybridized carbons (Fsp3) is 0.364. The zero-order valence-corrected chi connectivity index (χ0v) is 8.53. The minimum Gasteiger partial charge on any atom is -0.506 e. The quantitative estimate of drug-likeness (QED) is 0.741. The predicted octanol–water partition coefficient (Wildman–Crippen LogP) is 2.44. The minimum absolute atomic E-state index is 0.0470. The van der Waals surface area contributed by atoms with Crippen molar-refractivity contribution in [1.82, 2.24) is 0 Å². The number of hydrogen-bond donors (Lipinski definition) is 1. The number of aromatic hydroxyl groups is 1. The molecule has 0 spiro atoms. The summed E-state index contributed by atoms with van der Waals surface area (Å²) in [4.78, 5) is 0. The first-order chi connectivity index (χ1) is 6.44. The lowest BCUT2D eigenvalue weighted by Crippen LogP contribution is -2.23. The van der Waals surface area contributed by atoms with Crippen LogP contribution in [0.4, 0.5) is 0 Å². The zero-order valence-electron chi connectivity index (χ0n) is 8.53. The second-order valence-electron chi connectivity index (χ2n) is 3.98. The second-order valence-corrected chi connectivity index (χ2v) is 3.98. The maximum absolute atomic E-state index is 9.39. The summed E-state index contributed by atoms with van der Waals surface area (Å²) < 4.78 is 5.52. The van der Waals surface area contributed by atoms with E-state index >= 15 is 0 Å². The summed E-state index contributed by atoms with van der Waals surface area (Å²) in [6.45, 7) is 5.66. The SMILES string of the molecule is CC(C)(C)Oc1cccc(O)c1C#N. The molecule has 3 heteroatoms. The van der Waals surface area contributed by atoms with Gasteiger partial charge in [-0.3, -0.25) is 0 Å². The number of hydrogen-bond acceptors (Lipinski definition) is 3. The molecule has 0 saturated heterocycles. The molecule has 0 radical (unpaired) electrons. The van der Waals surface area contributed by atoms with Crippen LogP contribution in [0.3, 0.4) is 0 Å². The van der Waals surface area contributed by atoms with E-state index in [1.807, 2.05) is 26.8 Å². The molecular formula is C11H13NO2. The summed E-state index contributed by atoms with van der Waals surface area (Å²) in [6, 6.07) is 6.70. The maximum atomic E-state index is 9.39. The summed E-state index contributed by atoms with van der Waals surface area (Å²) in [5.74, 6) is 0.370. The van der Waals surface area contributed by atoms with E-state index in [-0.39, 0.29) is 16.9 Å². The molecule has 0 saturated carbocycles. The first-order valence-corrected chi connectivity index (χ1v) is 4.35. The third kappa shape index (κ3) is 2.40. The smallest absolute Gasteiger partial charge is 0.141 e. The van der Waals surface area contributed by atoms with E-state index in [1.54, 1.807) is 12.1 Å². The van der Waals surface area contributed by atoms with Crippen molar-refractivity contribution in [2.75, 3.05) is 0 Å². The highest BCUT2D eigenvalue weighted by Gasteiger charge is 2.16. The van der Waals surface area contributed by atoms with Crippen molar-refractivity contribution in [2.45, 2.75) is 26.4 Å².